The van der Waals surface area contributed by atoms with E-state index in [2.05, 4.69) is 13.3 Å². The summed E-state index contributed by atoms with van der Waals surface area (Å²) in [5.41, 5.74) is 0. The van der Waals surface area contributed by atoms with Crippen molar-refractivity contribution >= 4 is 0 Å². The van der Waals surface area contributed by atoms with Gasteiger partial charge < -0.3 is 6.42 Å². The summed E-state index contributed by atoms with van der Waals surface area (Å²) >= 11 is 0. The largest absolute Gasteiger partial charge is 0.326 e. The van der Waals surface area contributed by atoms with Crippen LogP contribution in [0.5, 0.6) is 0 Å². The topological polar surface area (TPSA) is 0 Å². The van der Waals surface area contributed by atoms with Crippen LogP contribution in [-0.2, 0) is 32.7 Å². The molecule has 1 unspecified atom stereocenters. The Hall–Kier alpha value is 1.10. The molecule has 1 aliphatic rings. The molecule has 0 aromatic carbocycles. The fraction of sp³-hybridized carbons (Fsp3) is 0.833. The Morgan fingerprint density at radius 3 is 2.43 bits per heavy atom. The van der Waals surface area contributed by atoms with E-state index in [0.717, 1.165) is 5.92 Å². The van der Waals surface area contributed by atoms with Gasteiger partial charge in [-0.15, -0.1) is 0 Å². The quantitative estimate of drug-likeness (QED) is 0.490. The second-order valence-electron chi connectivity index (χ2n) is 2.14. The maximum absolute atomic E-state index is 2.40. The third kappa shape index (κ3) is 2.82. The molecule has 1 aliphatic carbocycles. The van der Waals surface area contributed by atoms with E-state index in [1.165, 1.54) is 19.3 Å². The van der Waals surface area contributed by atoms with E-state index in [0.29, 0.717) is 0 Å². The Labute approximate surface area is 70.9 Å². The first-order chi connectivity index (χ1) is 2.89. The summed E-state index contributed by atoms with van der Waals surface area (Å²) in [4.78, 5) is 0. The second-order valence-corrected chi connectivity index (χ2v) is 2.14. The van der Waals surface area contributed by atoms with E-state index >= 15 is 0 Å². The van der Waals surface area contributed by atoms with E-state index in [4.69, 9.17) is 0 Å². The van der Waals surface area contributed by atoms with Gasteiger partial charge in [0.25, 0.3) is 0 Å². The van der Waals surface area contributed by atoms with Crippen LogP contribution in [0.15, 0.2) is 0 Å². The van der Waals surface area contributed by atoms with Gasteiger partial charge in [0, 0.05) is 32.7 Å². The predicted molar refractivity (Wildman–Crippen MR) is 27.3 cm³/mol. The van der Waals surface area contributed by atoms with E-state index in [1.807, 2.05) is 0 Å². The van der Waals surface area contributed by atoms with Crippen molar-refractivity contribution < 1.29 is 32.7 Å². The monoisotopic (exact) mass is 172 g/mol. The molecule has 1 saturated carbocycles. The average Bonchev–Trinajstić information content (AvgIpc) is 1.86. The molecule has 0 heterocycles. The Kier molecular flexibility index (Phi) is 4.67. The Bertz CT molecular complexity index is 37.4. The molecular weight excluding hydrogens is 161 g/mol. The fourth-order valence-electron chi connectivity index (χ4n) is 0.960. The molecule has 0 bridgehead atoms. The van der Waals surface area contributed by atoms with Gasteiger partial charge in [-0.1, -0.05) is 19.8 Å². The minimum atomic E-state index is 0. The maximum Gasteiger partial charge on any atom is 0 e. The van der Waals surface area contributed by atoms with E-state index in [-0.39, 0.29) is 32.7 Å². The van der Waals surface area contributed by atoms with Gasteiger partial charge in [0.15, 0.2) is 0 Å². The number of rotatable bonds is 0. The van der Waals surface area contributed by atoms with E-state index in [1.54, 1.807) is 0 Å². The van der Waals surface area contributed by atoms with Gasteiger partial charge in [0.2, 0.25) is 0 Å². The zero-order valence-electron chi connectivity index (χ0n) is 4.85. The summed E-state index contributed by atoms with van der Waals surface area (Å²) < 4.78 is 0. The summed E-state index contributed by atoms with van der Waals surface area (Å²) in [5, 5.41) is 0. The van der Waals surface area contributed by atoms with Crippen LogP contribution >= 0.6 is 0 Å². The van der Waals surface area contributed by atoms with Crippen molar-refractivity contribution in [2.75, 3.05) is 0 Å². The smallest absolute Gasteiger partial charge is 0 e. The van der Waals surface area contributed by atoms with Crippen molar-refractivity contribution in [3.05, 3.63) is 6.42 Å². The predicted octanol–water partition coefficient (Wildman–Crippen LogP) is 2.01. The zero-order valence-corrected chi connectivity index (χ0v) is 7.69. The van der Waals surface area contributed by atoms with Gasteiger partial charge in [-0.05, 0) is 0 Å². The summed E-state index contributed by atoms with van der Waals surface area (Å²) in [5.74, 6) is 0.921. The zero-order chi connectivity index (χ0) is 4.41. The Morgan fingerprint density at radius 1 is 1.57 bits per heavy atom. The molecule has 39 valence electrons. The number of hydrogen-bond donors (Lipinski definition) is 0. The van der Waals surface area contributed by atoms with Crippen molar-refractivity contribution in [3.63, 3.8) is 0 Å². The van der Waals surface area contributed by atoms with Crippen LogP contribution < -0.4 is 0 Å². The van der Waals surface area contributed by atoms with Crippen molar-refractivity contribution in [2.45, 2.75) is 26.2 Å². The van der Waals surface area contributed by atoms with Crippen molar-refractivity contribution in [1.82, 2.24) is 0 Å². The van der Waals surface area contributed by atoms with Crippen LogP contribution in [0.4, 0.5) is 0 Å². The average molecular weight is 172 g/mol. The molecule has 0 N–H and O–H groups in total. The first-order valence-electron chi connectivity index (χ1n) is 2.73. The Balaban J connectivity index is 0.000000360. The SMILES string of the molecule is CC1[CH-]CCC1.[Y]. The first-order valence-corrected chi connectivity index (χ1v) is 2.73. The number of hydrogen-bond acceptors (Lipinski definition) is 0. The van der Waals surface area contributed by atoms with Crippen LogP contribution in [-0.4, -0.2) is 0 Å². The molecule has 1 rings (SSSR count). The van der Waals surface area contributed by atoms with Crippen molar-refractivity contribution in [3.8, 4) is 0 Å². The molecule has 0 aromatic rings. The third-order valence-electron chi connectivity index (χ3n) is 1.43. The minimum Gasteiger partial charge on any atom is -0.326 e. The molecule has 0 aromatic heterocycles. The summed E-state index contributed by atoms with van der Waals surface area (Å²) in [7, 11) is 0. The molecule has 7 heavy (non-hydrogen) atoms. The fourth-order valence-corrected chi connectivity index (χ4v) is 0.960. The van der Waals surface area contributed by atoms with E-state index < -0.39 is 0 Å². The molecule has 1 atom stereocenters. The summed E-state index contributed by atoms with van der Waals surface area (Å²) in [6, 6.07) is 0. The molecule has 0 spiro atoms. The third-order valence-corrected chi connectivity index (χ3v) is 1.43. The second kappa shape index (κ2) is 4.03. The van der Waals surface area contributed by atoms with Gasteiger partial charge in [-0.2, -0.15) is 12.3 Å². The van der Waals surface area contributed by atoms with E-state index in [9.17, 15) is 0 Å². The molecule has 0 aliphatic heterocycles. The van der Waals surface area contributed by atoms with Crippen LogP contribution in [0.3, 0.4) is 0 Å². The van der Waals surface area contributed by atoms with Gasteiger partial charge >= 0.3 is 0 Å². The van der Waals surface area contributed by atoms with Gasteiger partial charge in [-0.3, -0.25) is 0 Å². The van der Waals surface area contributed by atoms with Gasteiger partial charge in [-0.25, -0.2) is 0 Å². The molecular formula is C6H11Y-. The summed E-state index contributed by atoms with van der Waals surface area (Å²) in [6.07, 6.45) is 6.63. The van der Waals surface area contributed by atoms with Crippen LogP contribution in [0.2, 0.25) is 0 Å². The van der Waals surface area contributed by atoms with Gasteiger partial charge in [0.05, 0.1) is 0 Å². The molecule has 0 saturated heterocycles. The molecule has 0 amide bonds. The maximum atomic E-state index is 2.40. The van der Waals surface area contributed by atoms with Crippen molar-refractivity contribution in [2.24, 2.45) is 5.92 Å². The molecule has 0 nitrogen and oxygen atoms in total. The van der Waals surface area contributed by atoms with Gasteiger partial charge in [0.1, 0.15) is 0 Å². The molecule has 1 radical (unpaired) electrons. The standard InChI is InChI=1S/C6H11.Y/c1-6-4-2-3-5-6;/h4,6H,2-3,5H2,1H3;/q-1;. The van der Waals surface area contributed by atoms with Crippen LogP contribution in [0, 0.1) is 12.3 Å². The molecule has 1 heteroatoms. The van der Waals surface area contributed by atoms with Crippen LogP contribution in [0.1, 0.15) is 26.2 Å². The van der Waals surface area contributed by atoms with Crippen molar-refractivity contribution in [1.29, 1.82) is 0 Å². The normalized spacial score (nSPS) is 29.6. The summed E-state index contributed by atoms with van der Waals surface area (Å²) in [6.45, 7) is 2.28. The Morgan fingerprint density at radius 2 is 2.29 bits per heavy atom. The first kappa shape index (κ1) is 8.10. The minimum absolute atomic E-state index is 0. The van der Waals surface area contributed by atoms with Crippen LogP contribution in [0.25, 0.3) is 0 Å². The molecule has 1 fully saturated rings.